The van der Waals surface area contributed by atoms with Crippen molar-refractivity contribution in [1.29, 1.82) is 0 Å². The lowest BCUT2D eigenvalue weighted by atomic mass is 10.3. The largest absolute Gasteiger partial charge is 0.459 e. The molecule has 0 aliphatic rings. The molecule has 0 saturated heterocycles. The van der Waals surface area contributed by atoms with Crippen LogP contribution >= 0.6 is 0 Å². The predicted octanol–water partition coefficient (Wildman–Crippen LogP) is 1.64. The highest BCUT2D eigenvalue weighted by molar-refractivity contribution is 5.91. The normalized spacial score (nSPS) is 12.6. The van der Waals surface area contributed by atoms with Gasteiger partial charge in [0, 0.05) is 23.3 Å². The van der Waals surface area contributed by atoms with Gasteiger partial charge in [0.1, 0.15) is 25.4 Å². The summed E-state index contributed by atoms with van der Waals surface area (Å²) in [5, 5.41) is 0. The molecule has 0 saturated carbocycles. The molecule has 0 spiro atoms. The third kappa shape index (κ3) is 10.8. The summed E-state index contributed by atoms with van der Waals surface area (Å²) in [5.41, 5.74) is 0.461. The minimum Gasteiger partial charge on any atom is -0.459 e. The summed E-state index contributed by atoms with van der Waals surface area (Å²) in [7, 11) is 0. The van der Waals surface area contributed by atoms with Crippen molar-refractivity contribution in [3.63, 3.8) is 0 Å². The van der Waals surface area contributed by atoms with Gasteiger partial charge in [-0.25, -0.2) is 19.2 Å². The average Bonchev–Trinajstić information content (AvgIpc) is 2.55. The van der Waals surface area contributed by atoms with Crippen LogP contribution in [-0.2, 0) is 38.1 Å². The average molecular weight is 368 g/mol. The molecule has 0 heterocycles. The second kappa shape index (κ2) is 11.6. The molecule has 0 rings (SSSR count). The van der Waals surface area contributed by atoms with Crippen molar-refractivity contribution in [2.45, 2.75) is 39.9 Å². The van der Waals surface area contributed by atoms with Crippen LogP contribution in [0.2, 0.25) is 0 Å². The number of carbonyl (C=O) groups is 4. The third-order valence-corrected chi connectivity index (χ3v) is 2.59. The maximum atomic E-state index is 11.5. The fourth-order valence-electron chi connectivity index (χ4n) is 1.27. The highest BCUT2D eigenvalue weighted by Crippen LogP contribution is 2.01. The summed E-state index contributed by atoms with van der Waals surface area (Å²) in [4.78, 5) is 45.5. The Morgan fingerprint density at radius 2 is 1.08 bits per heavy atom. The molecule has 0 fully saturated rings. The van der Waals surface area contributed by atoms with Crippen molar-refractivity contribution in [1.82, 2.24) is 0 Å². The smallest absolute Gasteiger partial charge is 0.333 e. The maximum absolute atomic E-state index is 11.5. The van der Waals surface area contributed by atoms with Crippen LogP contribution in [0.1, 0.15) is 27.7 Å². The van der Waals surface area contributed by atoms with Crippen molar-refractivity contribution in [2.24, 2.45) is 0 Å². The molecule has 0 aromatic heterocycles. The summed E-state index contributed by atoms with van der Waals surface area (Å²) < 4.78 is 19.5. The van der Waals surface area contributed by atoms with Gasteiger partial charge in [0.05, 0.1) is 0 Å². The fourth-order valence-corrected chi connectivity index (χ4v) is 1.27. The van der Waals surface area contributed by atoms with Crippen LogP contribution in [0.3, 0.4) is 0 Å². The molecule has 26 heavy (non-hydrogen) atoms. The highest BCUT2D eigenvalue weighted by Gasteiger charge is 2.13. The molecule has 0 aliphatic carbocycles. The van der Waals surface area contributed by atoms with E-state index in [4.69, 9.17) is 18.9 Å². The molecule has 8 nitrogen and oxygen atoms in total. The SMILES string of the molecule is C=C(C)C(=O)OC(C)COC(=O)/C=C\C(=O)OCC(C)OC(=O)C(=C)C. The van der Waals surface area contributed by atoms with E-state index in [1.165, 1.54) is 13.8 Å². The molecule has 2 unspecified atom stereocenters. The van der Waals surface area contributed by atoms with Crippen molar-refractivity contribution < 1.29 is 38.1 Å². The quantitative estimate of drug-likeness (QED) is 0.326. The molecule has 0 radical (unpaired) electrons. The van der Waals surface area contributed by atoms with Crippen molar-refractivity contribution >= 4 is 23.9 Å². The number of carbonyl (C=O) groups excluding carboxylic acids is 4. The second-order valence-corrected chi connectivity index (χ2v) is 5.59. The zero-order chi connectivity index (χ0) is 20.3. The summed E-state index contributed by atoms with van der Waals surface area (Å²) in [6, 6.07) is 0. The summed E-state index contributed by atoms with van der Waals surface area (Å²) in [6.45, 7) is 12.6. The number of ether oxygens (including phenoxy) is 4. The Labute approximate surface area is 152 Å². The summed E-state index contributed by atoms with van der Waals surface area (Å²) >= 11 is 0. The van der Waals surface area contributed by atoms with Crippen LogP contribution in [0.4, 0.5) is 0 Å². The Morgan fingerprint density at radius 1 is 0.769 bits per heavy atom. The Balaban J connectivity index is 4.14. The van der Waals surface area contributed by atoms with E-state index in [0.29, 0.717) is 0 Å². The van der Waals surface area contributed by atoms with E-state index in [1.807, 2.05) is 0 Å². The van der Waals surface area contributed by atoms with Gasteiger partial charge >= 0.3 is 23.9 Å². The van der Waals surface area contributed by atoms with Gasteiger partial charge < -0.3 is 18.9 Å². The van der Waals surface area contributed by atoms with Crippen molar-refractivity contribution in [2.75, 3.05) is 13.2 Å². The van der Waals surface area contributed by atoms with E-state index in [0.717, 1.165) is 12.2 Å². The minimum atomic E-state index is -0.804. The first-order valence-electron chi connectivity index (χ1n) is 7.77. The van der Waals surface area contributed by atoms with Crippen LogP contribution in [-0.4, -0.2) is 49.3 Å². The first kappa shape index (κ1) is 23.1. The standard InChI is InChI=1S/C18H24O8/c1-11(2)17(21)25-13(5)9-23-15(19)7-8-16(20)24-10-14(6)26-18(22)12(3)4/h7-8,13-14H,1,3,9-10H2,2,4-6H3/b8-7-. The molecule has 2 atom stereocenters. The van der Waals surface area contributed by atoms with Gasteiger partial charge in [-0.3, -0.25) is 0 Å². The molecule has 0 aromatic carbocycles. The van der Waals surface area contributed by atoms with Crippen LogP contribution in [0, 0.1) is 0 Å². The van der Waals surface area contributed by atoms with Gasteiger partial charge in [-0.05, 0) is 27.7 Å². The third-order valence-electron chi connectivity index (χ3n) is 2.59. The van der Waals surface area contributed by atoms with Gasteiger partial charge in [-0.2, -0.15) is 0 Å². The van der Waals surface area contributed by atoms with Crippen molar-refractivity contribution in [3.8, 4) is 0 Å². The zero-order valence-electron chi connectivity index (χ0n) is 15.4. The fraction of sp³-hybridized carbons (Fsp3) is 0.444. The van der Waals surface area contributed by atoms with E-state index in [-0.39, 0.29) is 24.4 Å². The topological polar surface area (TPSA) is 105 Å². The van der Waals surface area contributed by atoms with Gasteiger partial charge in [0.15, 0.2) is 0 Å². The Hall–Kier alpha value is -2.90. The number of hydrogen-bond donors (Lipinski definition) is 0. The predicted molar refractivity (Wildman–Crippen MR) is 91.8 cm³/mol. The molecule has 144 valence electrons. The van der Waals surface area contributed by atoms with E-state index in [2.05, 4.69) is 13.2 Å². The van der Waals surface area contributed by atoms with E-state index in [9.17, 15) is 19.2 Å². The molecular formula is C18H24O8. The molecule has 0 N–H and O–H groups in total. The zero-order valence-corrected chi connectivity index (χ0v) is 15.4. The molecule has 0 bridgehead atoms. The van der Waals surface area contributed by atoms with Crippen LogP contribution in [0.5, 0.6) is 0 Å². The Kier molecular flexibility index (Phi) is 10.3. The van der Waals surface area contributed by atoms with Crippen molar-refractivity contribution in [3.05, 3.63) is 36.5 Å². The maximum Gasteiger partial charge on any atom is 0.333 e. The highest BCUT2D eigenvalue weighted by atomic mass is 16.6. The second-order valence-electron chi connectivity index (χ2n) is 5.59. The molecule has 0 aromatic rings. The lowest BCUT2D eigenvalue weighted by molar-refractivity contribution is -0.153. The van der Waals surface area contributed by atoms with Crippen LogP contribution in [0.15, 0.2) is 36.5 Å². The molecule has 8 heteroatoms. The van der Waals surface area contributed by atoms with Gasteiger partial charge in [0.25, 0.3) is 0 Å². The Bertz CT molecular complexity index is 550. The van der Waals surface area contributed by atoms with Crippen LogP contribution < -0.4 is 0 Å². The number of rotatable bonds is 10. The molecular weight excluding hydrogens is 344 g/mol. The minimum absolute atomic E-state index is 0.175. The van der Waals surface area contributed by atoms with E-state index in [1.54, 1.807) is 13.8 Å². The first-order valence-corrected chi connectivity index (χ1v) is 7.77. The van der Waals surface area contributed by atoms with Gasteiger partial charge in [-0.1, -0.05) is 13.2 Å². The Morgan fingerprint density at radius 3 is 1.35 bits per heavy atom. The first-order chi connectivity index (χ1) is 12.0. The number of esters is 4. The lowest BCUT2D eigenvalue weighted by Crippen LogP contribution is -2.22. The lowest BCUT2D eigenvalue weighted by Gasteiger charge is -2.13. The van der Waals surface area contributed by atoms with Gasteiger partial charge in [-0.15, -0.1) is 0 Å². The summed E-state index contributed by atoms with van der Waals surface area (Å²) in [6.07, 6.45) is 0.431. The molecule has 0 aliphatic heterocycles. The van der Waals surface area contributed by atoms with E-state index < -0.39 is 36.1 Å². The summed E-state index contributed by atoms with van der Waals surface area (Å²) in [5.74, 6) is -2.79. The van der Waals surface area contributed by atoms with Gasteiger partial charge in [0.2, 0.25) is 0 Å². The molecule has 0 amide bonds. The van der Waals surface area contributed by atoms with E-state index >= 15 is 0 Å². The monoisotopic (exact) mass is 368 g/mol. The number of hydrogen-bond acceptors (Lipinski definition) is 8. The van der Waals surface area contributed by atoms with Crippen LogP contribution in [0.25, 0.3) is 0 Å².